The van der Waals surface area contributed by atoms with Crippen molar-refractivity contribution in [3.05, 3.63) is 164 Å². The summed E-state index contributed by atoms with van der Waals surface area (Å²) in [7, 11) is 0. The van der Waals surface area contributed by atoms with Crippen molar-refractivity contribution in [2.75, 3.05) is 4.90 Å². The lowest BCUT2D eigenvalue weighted by Crippen LogP contribution is -2.11. The fraction of sp³-hybridized carbons (Fsp3) is 0.0270. The van der Waals surface area contributed by atoms with E-state index >= 15 is 0 Å². The topological polar surface area (TPSA) is 3.24 Å². The number of hydrogen-bond donors (Lipinski definition) is 0. The molecule has 38 heavy (non-hydrogen) atoms. The normalized spacial score (nSPS) is 10.4. The monoisotopic (exact) mass is 491 g/mol. The summed E-state index contributed by atoms with van der Waals surface area (Å²) in [4.78, 5) is 2.35. The standard InChI is InChI=1S/C36H27N.CH4.H2/c1-4-12-28(13-5-1)30-20-24-33(25-21-30)37(34-26-22-31(23-27-34)29-14-6-2-7-15-29)36-19-11-10-18-35(36)32-16-8-3-9-17-32;;/h1-27H;1H4;1H. The number of rotatable bonds is 6. The van der Waals surface area contributed by atoms with Gasteiger partial charge in [-0.1, -0.05) is 141 Å². The third kappa shape index (κ3) is 5.14. The third-order valence-electron chi connectivity index (χ3n) is 6.69. The van der Waals surface area contributed by atoms with Crippen LogP contribution in [-0.4, -0.2) is 0 Å². The molecule has 0 saturated heterocycles. The predicted molar refractivity (Wildman–Crippen MR) is 166 cm³/mol. The largest absolute Gasteiger partial charge is 0.310 e. The molecule has 0 aromatic heterocycles. The Labute approximate surface area is 227 Å². The highest BCUT2D eigenvalue weighted by molar-refractivity contribution is 5.88. The van der Waals surface area contributed by atoms with Crippen LogP contribution in [0.2, 0.25) is 0 Å². The van der Waals surface area contributed by atoms with Gasteiger partial charge in [0.15, 0.2) is 0 Å². The van der Waals surface area contributed by atoms with Crippen LogP contribution in [0.5, 0.6) is 0 Å². The molecule has 0 saturated carbocycles. The molecule has 0 aliphatic rings. The van der Waals surface area contributed by atoms with Crippen molar-refractivity contribution in [3.8, 4) is 33.4 Å². The predicted octanol–water partition coefficient (Wildman–Crippen LogP) is 11.0. The summed E-state index contributed by atoms with van der Waals surface area (Å²) in [5.41, 5.74) is 10.6. The maximum absolute atomic E-state index is 2.35. The van der Waals surface area contributed by atoms with Crippen molar-refractivity contribution in [3.63, 3.8) is 0 Å². The number of nitrogens with zero attached hydrogens (tertiary/aromatic N) is 1. The summed E-state index contributed by atoms with van der Waals surface area (Å²) < 4.78 is 0. The van der Waals surface area contributed by atoms with Gasteiger partial charge < -0.3 is 4.90 Å². The molecule has 6 aromatic carbocycles. The van der Waals surface area contributed by atoms with Crippen LogP contribution in [0.3, 0.4) is 0 Å². The van der Waals surface area contributed by atoms with E-state index in [0.717, 1.165) is 17.1 Å². The lowest BCUT2D eigenvalue weighted by atomic mass is 10.0. The average Bonchev–Trinajstić information content (AvgIpc) is 3.00. The Morgan fingerprint density at radius 2 is 0.658 bits per heavy atom. The second kappa shape index (κ2) is 11.5. The summed E-state index contributed by atoms with van der Waals surface area (Å²) in [5, 5.41) is 0. The van der Waals surface area contributed by atoms with E-state index in [4.69, 9.17) is 0 Å². The molecule has 6 rings (SSSR count). The van der Waals surface area contributed by atoms with Crippen LogP contribution in [0.1, 0.15) is 8.85 Å². The second-order valence-corrected chi connectivity index (χ2v) is 9.04. The van der Waals surface area contributed by atoms with E-state index < -0.39 is 0 Å². The van der Waals surface area contributed by atoms with Gasteiger partial charge in [0.1, 0.15) is 0 Å². The molecule has 0 spiro atoms. The molecular weight excluding hydrogens is 458 g/mol. The molecular formula is C37H33N. The minimum atomic E-state index is 0. The van der Waals surface area contributed by atoms with Crippen molar-refractivity contribution in [1.82, 2.24) is 0 Å². The van der Waals surface area contributed by atoms with Crippen LogP contribution < -0.4 is 4.90 Å². The molecule has 1 heteroatoms. The maximum Gasteiger partial charge on any atom is 0.0540 e. The lowest BCUT2D eigenvalue weighted by molar-refractivity contribution is 1.28. The summed E-state index contributed by atoms with van der Waals surface area (Å²) >= 11 is 0. The van der Waals surface area contributed by atoms with Gasteiger partial charge in [0.05, 0.1) is 5.69 Å². The van der Waals surface area contributed by atoms with Crippen molar-refractivity contribution in [2.24, 2.45) is 0 Å². The van der Waals surface area contributed by atoms with Crippen LogP contribution in [0, 0.1) is 0 Å². The van der Waals surface area contributed by atoms with Crippen molar-refractivity contribution in [2.45, 2.75) is 7.43 Å². The Morgan fingerprint density at radius 3 is 1.11 bits per heavy atom. The molecule has 0 unspecified atom stereocenters. The van der Waals surface area contributed by atoms with E-state index in [-0.39, 0.29) is 8.85 Å². The van der Waals surface area contributed by atoms with E-state index in [1.165, 1.54) is 33.4 Å². The molecule has 0 aliphatic carbocycles. The zero-order valence-electron chi connectivity index (χ0n) is 20.5. The lowest BCUT2D eigenvalue weighted by Gasteiger charge is -2.28. The summed E-state index contributed by atoms with van der Waals surface area (Å²) in [5.74, 6) is 0. The van der Waals surface area contributed by atoms with Crippen molar-refractivity contribution < 1.29 is 1.43 Å². The molecule has 0 atom stereocenters. The highest BCUT2D eigenvalue weighted by atomic mass is 15.1. The van der Waals surface area contributed by atoms with Crippen LogP contribution in [-0.2, 0) is 0 Å². The summed E-state index contributed by atoms with van der Waals surface area (Å²) in [6.07, 6.45) is 0. The molecule has 6 aromatic rings. The fourth-order valence-corrected chi connectivity index (χ4v) is 4.82. The SMILES string of the molecule is C.[HH].c1ccc(-c2ccc(N(c3ccc(-c4ccccc4)cc3)c3ccccc3-c3ccccc3)cc2)cc1. The smallest absolute Gasteiger partial charge is 0.0540 e. The first kappa shape index (κ1) is 24.8. The Balaban J connectivity index is 0.00000176. The second-order valence-electron chi connectivity index (χ2n) is 9.04. The fourth-order valence-electron chi connectivity index (χ4n) is 4.82. The zero-order chi connectivity index (χ0) is 24.9. The Morgan fingerprint density at radius 1 is 0.316 bits per heavy atom. The van der Waals surface area contributed by atoms with Crippen LogP contribution in [0.4, 0.5) is 17.1 Å². The van der Waals surface area contributed by atoms with Crippen LogP contribution in [0.15, 0.2) is 164 Å². The van der Waals surface area contributed by atoms with E-state index in [1.807, 2.05) is 0 Å². The van der Waals surface area contributed by atoms with Gasteiger partial charge in [0, 0.05) is 18.4 Å². The molecule has 0 heterocycles. The van der Waals surface area contributed by atoms with Crippen molar-refractivity contribution >= 4 is 17.1 Å². The first-order chi connectivity index (χ1) is 18.4. The number of hydrogen-bond acceptors (Lipinski definition) is 1. The van der Waals surface area contributed by atoms with Crippen LogP contribution >= 0.6 is 0 Å². The van der Waals surface area contributed by atoms with Gasteiger partial charge in [-0.05, 0) is 58.1 Å². The minimum Gasteiger partial charge on any atom is -0.310 e. The molecule has 0 aliphatic heterocycles. The van der Waals surface area contributed by atoms with Gasteiger partial charge in [-0.15, -0.1) is 0 Å². The minimum absolute atomic E-state index is 0. The summed E-state index contributed by atoms with van der Waals surface area (Å²) in [6.45, 7) is 0. The molecule has 186 valence electrons. The molecule has 0 N–H and O–H groups in total. The van der Waals surface area contributed by atoms with E-state index in [1.54, 1.807) is 0 Å². The summed E-state index contributed by atoms with van der Waals surface area (Å²) in [6, 6.07) is 58.0. The first-order valence-electron chi connectivity index (χ1n) is 12.6. The van der Waals surface area contributed by atoms with Gasteiger partial charge in [-0.3, -0.25) is 0 Å². The van der Waals surface area contributed by atoms with Gasteiger partial charge in [0.2, 0.25) is 0 Å². The van der Waals surface area contributed by atoms with E-state index in [9.17, 15) is 0 Å². The average molecular weight is 492 g/mol. The van der Waals surface area contributed by atoms with Gasteiger partial charge in [-0.25, -0.2) is 0 Å². The van der Waals surface area contributed by atoms with Gasteiger partial charge in [0.25, 0.3) is 0 Å². The molecule has 1 nitrogen and oxygen atoms in total. The maximum atomic E-state index is 2.35. The zero-order valence-corrected chi connectivity index (χ0v) is 20.5. The first-order valence-corrected chi connectivity index (χ1v) is 12.6. The van der Waals surface area contributed by atoms with Crippen molar-refractivity contribution in [1.29, 1.82) is 0 Å². The number of benzene rings is 6. The Kier molecular flexibility index (Phi) is 7.47. The Hall–Kier alpha value is -4.88. The Bertz CT molecular complexity index is 1490. The highest BCUT2D eigenvalue weighted by Crippen LogP contribution is 2.41. The molecule has 0 amide bonds. The molecule has 0 radical (unpaired) electrons. The number of para-hydroxylation sites is 1. The van der Waals surface area contributed by atoms with E-state index in [2.05, 4.69) is 169 Å². The quantitative estimate of drug-likeness (QED) is 0.224. The third-order valence-corrected chi connectivity index (χ3v) is 6.69. The molecule has 0 bridgehead atoms. The number of anilines is 3. The van der Waals surface area contributed by atoms with Crippen LogP contribution in [0.25, 0.3) is 33.4 Å². The van der Waals surface area contributed by atoms with E-state index in [0.29, 0.717) is 0 Å². The molecule has 0 fully saturated rings. The highest BCUT2D eigenvalue weighted by Gasteiger charge is 2.17. The van der Waals surface area contributed by atoms with Gasteiger partial charge in [-0.2, -0.15) is 0 Å². The van der Waals surface area contributed by atoms with Gasteiger partial charge >= 0.3 is 0 Å².